The average molecular weight is 334 g/mol. The van der Waals surface area contributed by atoms with E-state index in [0.717, 1.165) is 16.5 Å². The molecule has 0 bridgehead atoms. The summed E-state index contributed by atoms with van der Waals surface area (Å²) in [5.41, 5.74) is 0.892. The maximum atomic E-state index is 11.0. The molecule has 18 heavy (non-hydrogen) atoms. The van der Waals surface area contributed by atoms with Crippen LogP contribution in [0.3, 0.4) is 0 Å². The van der Waals surface area contributed by atoms with Crippen molar-refractivity contribution in [2.45, 2.75) is 25.5 Å². The molecular formula is C13H20BrNO2S. The van der Waals surface area contributed by atoms with E-state index >= 15 is 0 Å². The first kappa shape index (κ1) is 15.8. The van der Waals surface area contributed by atoms with Gasteiger partial charge in [-0.25, -0.2) is 0 Å². The van der Waals surface area contributed by atoms with Gasteiger partial charge in [-0.15, -0.1) is 0 Å². The molecule has 2 N–H and O–H groups in total. The minimum Gasteiger partial charge on any atom is -0.387 e. The lowest BCUT2D eigenvalue weighted by Gasteiger charge is -2.17. The van der Waals surface area contributed by atoms with Gasteiger partial charge in [0.1, 0.15) is 0 Å². The summed E-state index contributed by atoms with van der Waals surface area (Å²) in [7, 11) is -0.748. The molecule has 0 aliphatic heterocycles. The van der Waals surface area contributed by atoms with E-state index in [9.17, 15) is 9.32 Å². The van der Waals surface area contributed by atoms with Crippen LogP contribution in [0.2, 0.25) is 0 Å². The highest BCUT2D eigenvalue weighted by atomic mass is 79.9. The lowest BCUT2D eigenvalue weighted by Crippen LogP contribution is -2.31. The SMILES string of the molecule is CC(CCS(C)=O)NCC(O)c1cccc(Br)c1. The van der Waals surface area contributed by atoms with Crippen molar-refractivity contribution in [3.8, 4) is 0 Å². The molecule has 0 amide bonds. The summed E-state index contributed by atoms with van der Waals surface area (Å²) in [4.78, 5) is 0. The average Bonchev–Trinajstić information content (AvgIpc) is 2.33. The maximum Gasteiger partial charge on any atom is 0.0914 e. The Balaban J connectivity index is 2.36. The van der Waals surface area contributed by atoms with Crippen molar-refractivity contribution in [1.29, 1.82) is 0 Å². The predicted molar refractivity (Wildman–Crippen MR) is 80.1 cm³/mol. The van der Waals surface area contributed by atoms with E-state index in [-0.39, 0.29) is 6.04 Å². The zero-order valence-corrected chi connectivity index (χ0v) is 13.1. The van der Waals surface area contributed by atoms with Gasteiger partial charge in [0.05, 0.1) is 6.10 Å². The Morgan fingerprint density at radius 1 is 1.50 bits per heavy atom. The van der Waals surface area contributed by atoms with Crippen molar-refractivity contribution in [1.82, 2.24) is 5.32 Å². The quantitative estimate of drug-likeness (QED) is 0.804. The van der Waals surface area contributed by atoms with Gasteiger partial charge in [-0.1, -0.05) is 28.1 Å². The van der Waals surface area contributed by atoms with Crippen LogP contribution in [-0.4, -0.2) is 33.9 Å². The molecule has 0 aliphatic rings. The standard InChI is InChI=1S/C13H20BrNO2S/c1-10(6-7-18(2)17)15-9-13(16)11-4-3-5-12(14)8-11/h3-5,8,10,13,15-16H,6-7,9H2,1-2H3. The van der Waals surface area contributed by atoms with Crippen LogP contribution >= 0.6 is 15.9 Å². The molecule has 1 aromatic carbocycles. The Labute approximate surface area is 120 Å². The first-order valence-electron chi connectivity index (χ1n) is 5.96. The monoisotopic (exact) mass is 333 g/mol. The number of nitrogens with one attached hydrogen (secondary N) is 1. The van der Waals surface area contributed by atoms with E-state index in [2.05, 4.69) is 21.2 Å². The summed E-state index contributed by atoms with van der Waals surface area (Å²) >= 11 is 3.39. The Kier molecular flexibility index (Phi) is 7.07. The van der Waals surface area contributed by atoms with Gasteiger partial charge in [-0.3, -0.25) is 4.21 Å². The van der Waals surface area contributed by atoms with Crippen LogP contribution in [-0.2, 0) is 10.8 Å². The second-order valence-electron chi connectivity index (χ2n) is 4.45. The van der Waals surface area contributed by atoms with Crippen molar-refractivity contribution >= 4 is 26.7 Å². The van der Waals surface area contributed by atoms with Crippen LogP contribution < -0.4 is 5.32 Å². The third kappa shape index (κ3) is 6.09. The van der Waals surface area contributed by atoms with Crippen molar-refractivity contribution in [3.05, 3.63) is 34.3 Å². The van der Waals surface area contributed by atoms with Gasteiger partial charge in [-0.2, -0.15) is 0 Å². The molecule has 0 spiro atoms. The number of hydrogen-bond donors (Lipinski definition) is 2. The summed E-state index contributed by atoms with van der Waals surface area (Å²) in [5.74, 6) is 0.696. The smallest absolute Gasteiger partial charge is 0.0914 e. The van der Waals surface area contributed by atoms with Crippen LogP contribution in [0.15, 0.2) is 28.7 Å². The minimum atomic E-state index is -0.748. The number of aliphatic hydroxyl groups excluding tert-OH is 1. The molecule has 3 atom stereocenters. The Morgan fingerprint density at radius 3 is 2.83 bits per heavy atom. The lowest BCUT2D eigenvalue weighted by molar-refractivity contribution is 0.170. The van der Waals surface area contributed by atoms with Crippen LogP contribution in [0.1, 0.15) is 25.0 Å². The summed E-state index contributed by atoms with van der Waals surface area (Å²) < 4.78 is 11.9. The fourth-order valence-electron chi connectivity index (χ4n) is 1.59. The molecule has 3 unspecified atom stereocenters. The van der Waals surface area contributed by atoms with Crippen LogP contribution in [0.4, 0.5) is 0 Å². The molecule has 0 saturated carbocycles. The predicted octanol–water partition coefficient (Wildman–Crippen LogP) is 2.23. The van der Waals surface area contributed by atoms with Crippen molar-refractivity contribution < 1.29 is 9.32 Å². The fraction of sp³-hybridized carbons (Fsp3) is 0.538. The van der Waals surface area contributed by atoms with E-state index in [4.69, 9.17) is 0 Å². The third-order valence-corrected chi connectivity index (χ3v) is 4.04. The van der Waals surface area contributed by atoms with E-state index in [1.165, 1.54) is 0 Å². The van der Waals surface area contributed by atoms with Gasteiger partial charge in [0.15, 0.2) is 0 Å². The highest BCUT2D eigenvalue weighted by molar-refractivity contribution is 9.10. The zero-order valence-electron chi connectivity index (χ0n) is 10.7. The first-order valence-corrected chi connectivity index (χ1v) is 8.48. The first-order chi connectivity index (χ1) is 8.49. The molecule has 0 radical (unpaired) electrons. The van der Waals surface area contributed by atoms with E-state index in [0.29, 0.717) is 12.3 Å². The number of hydrogen-bond acceptors (Lipinski definition) is 3. The fourth-order valence-corrected chi connectivity index (χ4v) is 2.69. The summed E-state index contributed by atoms with van der Waals surface area (Å²) in [5, 5.41) is 13.3. The van der Waals surface area contributed by atoms with Crippen LogP contribution in [0.5, 0.6) is 0 Å². The van der Waals surface area contributed by atoms with Gasteiger partial charge < -0.3 is 10.4 Å². The van der Waals surface area contributed by atoms with Crippen LogP contribution in [0.25, 0.3) is 0 Å². The van der Waals surface area contributed by atoms with Gasteiger partial charge in [-0.05, 0) is 31.0 Å². The molecule has 0 saturated heterocycles. The number of aliphatic hydroxyl groups is 1. The lowest BCUT2D eigenvalue weighted by atomic mass is 10.1. The molecule has 0 aromatic heterocycles. The second kappa shape index (κ2) is 8.04. The molecular weight excluding hydrogens is 314 g/mol. The molecule has 0 heterocycles. The van der Waals surface area contributed by atoms with E-state index in [1.54, 1.807) is 6.26 Å². The second-order valence-corrected chi connectivity index (χ2v) is 6.92. The van der Waals surface area contributed by atoms with Gasteiger partial charge >= 0.3 is 0 Å². The Morgan fingerprint density at radius 2 is 2.22 bits per heavy atom. The summed E-state index contributed by atoms with van der Waals surface area (Å²) in [6.45, 7) is 2.55. The normalized spacial score (nSPS) is 16.2. The van der Waals surface area contributed by atoms with Crippen molar-refractivity contribution in [2.75, 3.05) is 18.6 Å². The van der Waals surface area contributed by atoms with Gasteiger partial charge in [0, 0.05) is 39.9 Å². The number of benzene rings is 1. The highest BCUT2D eigenvalue weighted by Crippen LogP contribution is 2.17. The van der Waals surface area contributed by atoms with E-state index < -0.39 is 16.9 Å². The Hall–Kier alpha value is -0.230. The zero-order chi connectivity index (χ0) is 13.5. The molecule has 1 aromatic rings. The van der Waals surface area contributed by atoms with E-state index in [1.807, 2.05) is 31.2 Å². The molecule has 5 heteroatoms. The molecule has 0 aliphatic carbocycles. The van der Waals surface area contributed by atoms with Crippen LogP contribution in [0, 0.1) is 0 Å². The summed E-state index contributed by atoms with van der Waals surface area (Å²) in [6, 6.07) is 7.92. The molecule has 0 fully saturated rings. The number of halogens is 1. The topological polar surface area (TPSA) is 49.3 Å². The molecule has 102 valence electrons. The minimum absolute atomic E-state index is 0.260. The summed E-state index contributed by atoms with van der Waals surface area (Å²) in [6.07, 6.45) is 2.05. The maximum absolute atomic E-state index is 11.0. The van der Waals surface area contributed by atoms with Gasteiger partial charge in [0.25, 0.3) is 0 Å². The largest absolute Gasteiger partial charge is 0.387 e. The van der Waals surface area contributed by atoms with Crippen molar-refractivity contribution in [2.24, 2.45) is 0 Å². The number of rotatable bonds is 7. The Bertz CT molecular complexity index is 400. The third-order valence-electron chi connectivity index (χ3n) is 2.73. The van der Waals surface area contributed by atoms with Gasteiger partial charge in [0.2, 0.25) is 0 Å². The van der Waals surface area contributed by atoms with Crippen molar-refractivity contribution in [3.63, 3.8) is 0 Å². The molecule has 1 rings (SSSR count). The molecule has 3 nitrogen and oxygen atoms in total. The highest BCUT2D eigenvalue weighted by Gasteiger charge is 2.10.